The van der Waals surface area contributed by atoms with E-state index >= 15 is 0 Å². The molecule has 2 nitrogen and oxygen atoms in total. The van der Waals surface area contributed by atoms with Crippen molar-refractivity contribution in [1.29, 1.82) is 0 Å². The molecule has 0 unspecified atom stereocenters. The molecule has 0 spiro atoms. The minimum Gasteiger partial charge on any atom is -0.384 e. The molecule has 1 aromatic carbocycles. The molecule has 2 aromatic rings. The predicted molar refractivity (Wildman–Crippen MR) is 66.7 cm³/mol. The number of pyridine rings is 1. The average molecular weight is 263 g/mol. The second kappa shape index (κ2) is 4.45. The van der Waals surface area contributed by atoms with Gasteiger partial charge in [0.1, 0.15) is 5.82 Å². The van der Waals surface area contributed by atoms with Gasteiger partial charge in [0.15, 0.2) is 0 Å². The van der Waals surface area contributed by atoms with E-state index in [-0.39, 0.29) is 0 Å². The van der Waals surface area contributed by atoms with Gasteiger partial charge >= 0.3 is 0 Å². The van der Waals surface area contributed by atoms with E-state index in [0.717, 1.165) is 22.2 Å². The summed E-state index contributed by atoms with van der Waals surface area (Å²) >= 11 is 3.45. The summed E-state index contributed by atoms with van der Waals surface area (Å²) in [5.41, 5.74) is 8.89. The highest BCUT2D eigenvalue weighted by Crippen LogP contribution is 2.24. The summed E-state index contributed by atoms with van der Waals surface area (Å²) in [6.45, 7) is 0. The van der Waals surface area contributed by atoms with Crippen molar-refractivity contribution in [3.8, 4) is 11.3 Å². The predicted octanol–water partition coefficient (Wildman–Crippen LogP) is 3.23. The van der Waals surface area contributed by atoms with Gasteiger partial charge in [-0.3, -0.25) is 0 Å². The van der Waals surface area contributed by atoms with Gasteiger partial charge in [-0.25, -0.2) is 4.98 Å². The third kappa shape index (κ3) is 2.18. The molecule has 1 aromatic heterocycles. The molecule has 0 aliphatic rings. The molecule has 0 aliphatic heterocycles. The molecule has 0 amide bonds. The highest BCUT2D eigenvalue weighted by molar-refractivity contribution is 9.08. The molecule has 76 valence electrons. The van der Waals surface area contributed by atoms with Gasteiger partial charge in [-0.1, -0.05) is 52.3 Å². The third-order valence-electron chi connectivity index (χ3n) is 2.19. The standard InChI is InChI=1S/C12H11BrN2/c13-8-10-6-7-11(14)15-12(10)9-4-2-1-3-5-9/h1-7H,8H2,(H2,14,15). The molecular weight excluding hydrogens is 252 g/mol. The molecule has 0 radical (unpaired) electrons. The first-order valence-electron chi connectivity index (χ1n) is 4.68. The van der Waals surface area contributed by atoms with Crippen molar-refractivity contribution in [3.05, 3.63) is 48.0 Å². The van der Waals surface area contributed by atoms with Crippen LogP contribution in [0.1, 0.15) is 5.56 Å². The Bertz CT molecular complexity index is 454. The van der Waals surface area contributed by atoms with Crippen LogP contribution in [0.5, 0.6) is 0 Å². The summed E-state index contributed by atoms with van der Waals surface area (Å²) in [4.78, 5) is 4.36. The number of benzene rings is 1. The molecule has 0 bridgehead atoms. The van der Waals surface area contributed by atoms with Crippen molar-refractivity contribution in [3.63, 3.8) is 0 Å². The summed E-state index contributed by atoms with van der Waals surface area (Å²) in [6, 6.07) is 13.9. The lowest BCUT2D eigenvalue weighted by molar-refractivity contribution is 1.27. The maximum atomic E-state index is 5.69. The van der Waals surface area contributed by atoms with Gasteiger partial charge in [0, 0.05) is 10.9 Å². The van der Waals surface area contributed by atoms with Gasteiger partial charge in [-0.05, 0) is 11.6 Å². The van der Waals surface area contributed by atoms with Gasteiger partial charge in [0.25, 0.3) is 0 Å². The largest absolute Gasteiger partial charge is 0.384 e. The van der Waals surface area contributed by atoms with Crippen LogP contribution >= 0.6 is 15.9 Å². The summed E-state index contributed by atoms with van der Waals surface area (Å²) in [5, 5.41) is 0.782. The van der Waals surface area contributed by atoms with E-state index < -0.39 is 0 Å². The lowest BCUT2D eigenvalue weighted by Crippen LogP contribution is -1.95. The summed E-state index contributed by atoms with van der Waals surface area (Å²) in [6.07, 6.45) is 0. The van der Waals surface area contributed by atoms with Crippen molar-refractivity contribution < 1.29 is 0 Å². The number of hydrogen-bond acceptors (Lipinski definition) is 2. The quantitative estimate of drug-likeness (QED) is 0.845. The number of alkyl halides is 1. The topological polar surface area (TPSA) is 38.9 Å². The third-order valence-corrected chi connectivity index (χ3v) is 2.80. The van der Waals surface area contributed by atoms with Gasteiger partial charge in [-0.15, -0.1) is 0 Å². The number of aromatic nitrogens is 1. The van der Waals surface area contributed by atoms with Crippen molar-refractivity contribution in [1.82, 2.24) is 4.98 Å². The van der Waals surface area contributed by atoms with Gasteiger partial charge in [0.2, 0.25) is 0 Å². The van der Waals surface area contributed by atoms with E-state index in [1.165, 1.54) is 0 Å². The van der Waals surface area contributed by atoms with Crippen LogP contribution in [-0.4, -0.2) is 4.98 Å². The lowest BCUT2D eigenvalue weighted by Gasteiger charge is -2.06. The molecule has 2 N–H and O–H groups in total. The second-order valence-corrected chi connectivity index (χ2v) is 3.80. The summed E-state index contributed by atoms with van der Waals surface area (Å²) in [7, 11) is 0. The smallest absolute Gasteiger partial charge is 0.124 e. The normalized spacial score (nSPS) is 10.2. The molecule has 0 saturated carbocycles. The Morgan fingerprint density at radius 2 is 1.80 bits per heavy atom. The number of nitrogens with zero attached hydrogens (tertiary/aromatic N) is 1. The van der Waals surface area contributed by atoms with Gasteiger partial charge in [-0.2, -0.15) is 0 Å². The van der Waals surface area contributed by atoms with Crippen molar-refractivity contribution in [2.24, 2.45) is 0 Å². The number of nitrogens with two attached hydrogens (primary N) is 1. The number of nitrogen functional groups attached to an aromatic ring is 1. The first-order valence-corrected chi connectivity index (χ1v) is 5.80. The molecular formula is C12H11BrN2. The first-order chi connectivity index (χ1) is 7.31. The van der Waals surface area contributed by atoms with Crippen molar-refractivity contribution in [2.75, 3.05) is 5.73 Å². The fourth-order valence-corrected chi connectivity index (χ4v) is 1.91. The van der Waals surface area contributed by atoms with Gasteiger partial charge < -0.3 is 5.73 Å². The highest BCUT2D eigenvalue weighted by atomic mass is 79.9. The Hall–Kier alpha value is -1.35. The molecule has 0 fully saturated rings. The number of hydrogen-bond donors (Lipinski definition) is 1. The maximum Gasteiger partial charge on any atom is 0.124 e. The molecule has 0 atom stereocenters. The second-order valence-electron chi connectivity index (χ2n) is 3.24. The average Bonchev–Trinajstić information content (AvgIpc) is 2.30. The van der Waals surface area contributed by atoms with Crippen LogP contribution in [0, 0.1) is 0 Å². The van der Waals surface area contributed by atoms with E-state index in [9.17, 15) is 0 Å². The molecule has 0 saturated heterocycles. The Labute approximate surface area is 97.3 Å². The van der Waals surface area contributed by atoms with Crippen molar-refractivity contribution >= 4 is 21.7 Å². The zero-order valence-electron chi connectivity index (χ0n) is 8.15. The first kappa shape index (κ1) is 10.2. The summed E-state index contributed by atoms with van der Waals surface area (Å²) in [5.74, 6) is 0.554. The van der Waals surface area contributed by atoms with Crippen LogP contribution in [0.15, 0.2) is 42.5 Å². The number of anilines is 1. The minimum absolute atomic E-state index is 0.554. The molecule has 2 rings (SSSR count). The van der Waals surface area contributed by atoms with Crippen molar-refractivity contribution in [2.45, 2.75) is 5.33 Å². The fraction of sp³-hybridized carbons (Fsp3) is 0.0833. The highest BCUT2D eigenvalue weighted by Gasteiger charge is 2.05. The van der Waals surface area contributed by atoms with Crippen LogP contribution in [0.3, 0.4) is 0 Å². The Kier molecular flexibility index (Phi) is 3.02. The zero-order valence-corrected chi connectivity index (χ0v) is 9.74. The zero-order chi connectivity index (χ0) is 10.7. The Morgan fingerprint density at radius 1 is 1.07 bits per heavy atom. The number of halogens is 1. The van der Waals surface area contributed by atoms with E-state index in [0.29, 0.717) is 5.82 Å². The minimum atomic E-state index is 0.554. The van der Waals surface area contributed by atoms with Crippen LogP contribution in [0.2, 0.25) is 0 Å². The maximum absolute atomic E-state index is 5.69. The van der Waals surface area contributed by atoms with E-state index in [1.54, 1.807) is 0 Å². The monoisotopic (exact) mass is 262 g/mol. The van der Waals surface area contributed by atoms with E-state index in [4.69, 9.17) is 5.73 Å². The van der Waals surface area contributed by atoms with Gasteiger partial charge in [0.05, 0.1) is 5.69 Å². The van der Waals surface area contributed by atoms with Crippen LogP contribution in [0.4, 0.5) is 5.82 Å². The SMILES string of the molecule is Nc1ccc(CBr)c(-c2ccccc2)n1. The van der Waals surface area contributed by atoms with Crippen LogP contribution in [-0.2, 0) is 5.33 Å². The molecule has 1 heterocycles. The van der Waals surface area contributed by atoms with Crippen LogP contribution in [0.25, 0.3) is 11.3 Å². The molecule has 0 aliphatic carbocycles. The number of rotatable bonds is 2. The van der Waals surface area contributed by atoms with E-state index in [2.05, 4.69) is 20.9 Å². The lowest BCUT2D eigenvalue weighted by atomic mass is 10.1. The Morgan fingerprint density at radius 3 is 2.47 bits per heavy atom. The summed E-state index contributed by atoms with van der Waals surface area (Å²) < 4.78 is 0. The van der Waals surface area contributed by atoms with Crippen LogP contribution < -0.4 is 5.73 Å². The molecule has 15 heavy (non-hydrogen) atoms. The molecule has 3 heteroatoms. The Balaban J connectivity index is 2.56. The van der Waals surface area contributed by atoms with E-state index in [1.807, 2.05) is 42.5 Å². The fourth-order valence-electron chi connectivity index (χ4n) is 1.46.